The van der Waals surface area contributed by atoms with E-state index >= 15 is 0 Å². The van der Waals surface area contributed by atoms with Gasteiger partial charge in [0.15, 0.2) is 11.5 Å². The summed E-state index contributed by atoms with van der Waals surface area (Å²) in [5, 5.41) is 21.4. The molecule has 2 aromatic rings. The van der Waals surface area contributed by atoms with Crippen LogP contribution in [0.25, 0.3) is 22.0 Å². The molecule has 0 spiro atoms. The number of ether oxygens (including phenoxy) is 5. The number of nitrogens with one attached hydrogen (secondary N) is 6. The van der Waals surface area contributed by atoms with Crippen LogP contribution >= 0.6 is 11.8 Å². The molecule has 13 nitrogen and oxygen atoms in total. The van der Waals surface area contributed by atoms with Crippen LogP contribution in [0, 0.1) is 0 Å². The highest BCUT2D eigenvalue weighted by Crippen LogP contribution is 2.43. The van der Waals surface area contributed by atoms with E-state index in [0.29, 0.717) is 76.0 Å². The predicted octanol–water partition coefficient (Wildman–Crippen LogP) is 5.40. The molecule has 3 atom stereocenters. The maximum atomic E-state index is 12.2. The fraction of sp³-hybridized carbons (Fsp3) is 0.500. The number of unbranched alkanes of at least 4 members (excludes halogenated alkanes) is 1. The van der Waals surface area contributed by atoms with Gasteiger partial charge in [-0.1, -0.05) is 12.5 Å². The Morgan fingerprint density at radius 3 is 2.58 bits per heavy atom. The van der Waals surface area contributed by atoms with Gasteiger partial charge in [-0.05, 0) is 62.4 Å². The van der Waals surface area contributed by atoms with Gasteiger partial charge in [-0.2, -0.15) is 11.8 Å². The molecule has 14 heteroatoms. The lowest BCUT2D eigenvalue weighted by Crippen LogP contribution is -2.36. The zero-order valence-corrected chi connectivity index (χ0v) is 29.5. The average molecular weight is 709 g/mol. The van der Waals surface area contributed by atoms with E-state index in [1.807, 2.05) is 62.0 Å². The molecule has 2 saturated heterocycles. The quantitative estimate of drug-likeness (QED) is 0.0493. The minimum atomic E-state index is -0.0608. The molecule has 1 aliphatic carbocycles. The second kappa shape index (κ2) is 17.6. The SMILES string of the molecule is CCOc1cccc(Nc2[nH][nH]c3c4cc(OCCOCCOCCNC(=O)CCCCC5SCC6NC(=O)NC65)c(OCC)cc4cc2-3)c1. The van der Waals surface area contributed by atoms with Gasteiger partial charge in [-0.25, -0.2) is 4.79 Å². The number of thioether (sulfide) groups is 1. The van der Waals surface area contributed by atoms with Crippen molar-refractivity contribution in [1.82, 2.24) is 26.1 Å². The standard InChI is InChI=1S/C36H48N6O7S/c1-3-47-25-9-7-8-24(20-25)38-35-27-18-23-19-29(48-4-2)30(21-26(23)33(27)41-42-35)49-17-16-46-15-14-45-13-12-37-32(43)11-6-5-10-31-34-28(22-50-31)39-36(44)40-34/h7-9,18-21,28,31,34,38,41-42H,3-6,10-17,22H2,1-2H3,(H,37,43)(H2,39,40,44). The van der Waals surface area contributed by atoms with Crippen LogP contribution in [0.15, 0.2) is 42.5 Å². The lowest BCUT2D eigenvalue weighted by Gasteiger charge is -2.16. The molecule has 0 radical (unpaired) electrons. The number of rotatable bonds is 21. The van der Waals surface area contributed by atoms with Gasteiger partial charge < -0.3 is 45.0 Å². The number of carbonyl (C=O) groups is 2. The van der Waals surface area contributed by atoms with Gasteiger partial charge in [0.25, 0.3) is 0 Å². The smallest absolute Gasteiger partial charge is 0.315 e. The third-order valence-corrected chi connectivity index (χ3v) is 10.3. The summed E-state index contributed by atoms with van der Waals surface area (Å²) in [5.74, 6) is 4.00. The van der Waals surface area contributed by atoms with Gasteiger partial charge in [0, 0.05) is 46.7 Å². The van der Waals surface area contributed by atoms with E-state index in [2.05, 4.69) is 37.5 Å². The normalized spacial score (nSPS) is 18.2. The fourth-order valence-corrected chi connectivity index (χ4v) is 7.96. The van der Waals surface area contributed by atoms with Crippen LogP contribution in [-0.4, -0.2) is 98.0 Å². The molecule has 0 bridgehead atoms. The zero-order valence-electron chi connectivity index (χ0n) is 28.7. The molecule has 6 N–H and O–H groups in total. The Hall–Kier alpha value is -4.27. The van der Waals surface area contributed by atoms with Crippen LogP contribution in [0.4, 0.5) is 16.3 Å². The van der Waals surface area contributed by atoms with Crippen molar-refractivity contribution in [2.75, 3.05) is 63.9 Å². The minimum absolute atomic E-state index is 0.0389. The maximum absolute atomic E-state index is 12.2. The van der Waals surface area contributed by atoms with E-state index in [0.717, 1.165) is 64.3 Å². The minimum Gasteiger partial charge on any atom is -0.494 e. The highest BCUT2D eigenvalue weighted by molar-refractivity contribution is 8.00. The highest BCUT2D eigenvalue weighted by atomic mass is 32.2. The Kier molecular flexibility index (Phi) is 12.5. The van der Waals surface area contributed by atoms with Crippen molar-refractivity contribution in [3.8, 4) is 28.5 Å². The number of hydrogen-bond donors (Lipinski definition) is 6. The van der Waals surface area contributed by atoms with Crippen LogP contribution in [-0.2, 0) is 14.3 Å². The summed E-state index contributed by atoms with van der Waals surface area (Å²) in [7, 11) is 0. The largest absolute Gasteiger partial charge is 0.494 e. The van der Waals surface area contributed by atoms with Crippen molar-refractivity contribution in [3.05, 3.63) is 42.5 Å². The Bertz CT molecular complexity index is 1680. The first-order valence-corrected chi connectivity index (χ1v) is 18.6. The first kappa shape index (κ1) is 35.6. The number of H-pyrrole nitrogens is 2. The Labute approximate surface area is 296 Å². The van der Waals surface area contributed by atoms with Gasteiger partial charge in [0.05, 0.1) is 57.4 Å². The van der Waals surface area contributed by atoms with Gasteiger partial charge in [-0.3, -0.25) is 15.0 Å². The Balaban J connectivity index is 0.857. The van der Waals surface area contributed by atoms with E-state index < -0.39 is 0 Å². The number of hydrogen-bond acceptors (Lipinski definition) is 9. The monoisotopic (exact) mass is 708 g/mol. The van der Waals surface area contributed by atoms with Gasteiger partial charge in [0.2, 0.25) is 5.91 Å². The second-order valence-electron chi connectivity index (χ2n) is 12.3. The molecule has 2 fully saturated rings. The summed E-state index contributed by atoms with van der Waals surface area (Å²) in [6.45, 7) is 7.56. The highest BCUT2D eigenvalue weighted by Gasteiger charge is 2.42. The van der Waals surface area contributed by atoms with Crippen LogP contribution in [0.2, 0.25) is 0 Å². The first-order valence-electron chi connectivity index (χ1n) is 17.6. The Morgan fingerprint density at radius 1 is 0.900 bits per heavy atom. The topological polar surface area (TPSA) is 160 Å². The molecule has 3 amide bonds. The van der Waals surface area contributed by atoms with Gasteiger partial charge >= 0.3 is 6.03 Å². The third kappa shape index (κ3) is 9.09. The van der Waals surface area contributed by atoms with Gasteiger partial charge in [-0.15, -0.1) is 0 Å². The molecule has 270 valence electrons. The number of aromatic amines is 2. The molecule has 0 saturated carbocycles. The average Bonchev–Trinajstić information content (AvgIpc) is 3.86. The van der Waals surface area contributed by atoms with Crippen LogP contribution in [0.1, 0.15) is 39.5 Å². The summed E-state index contributed by atoms with van der Waals surface area (Å²) in [5.41, 5.74) is 2.91. The van der Waals surface area contributed by atoms with Crippen molar-refractivity contribution in [2.45, 2.75) is 56.9 Å². The summed E-state index contributed by atoms with van der Waals surface area (Å²) in [6.07, 6.45) is 3.31. The molecular weight excluding hydrogens is 660 g/mol. The van der Waals surface area contributed by atoms with E-state index in [-0.39, 0.29) is 24.0 Å². The number of fused-ring (bicyclic) bond motifs is 4. The molecule has 50 heavy (non-hydrogen) atoms. The molecule has 3 unspecified atom stereocenters. The second-order valence-corrected chi connectivity index (χ2v) is 13.5. The molecule has 4 aliphatic rings. The Morgan fingerprint density at radius 2 is 1.72 bits per heavy atom. The molecular formula is C36H48N6O7S. The number of benzene rings is 2. The number of urea groups is 1. The predicted molar refractivity (Wildman–Crippen MR) is 195 cm³/mol. The third-order valence-electron chi connectivity index (χ3n) is 8.76. The molecule has 0 aromatic heterocycles. The summed E-state index contributed by atoms with van der Waals surface area (Å²) >= 11 is 1.90. The van der Waals surface area contributed by atoms with Gasteiger partial charge in [0.1, 0.15) is 18.2 Å². The maximum Gasteiger partial charge on any atom is 0.315 e. The van der Waals surface area contributed by atoms with E-state index in [4.69, 9.17) is 23.7 Å². The number of anilines is 2. The van der Waals surface area contributed by atoms with E-state index in [9.17, 15) is 9.59 Å². The number of carbonyl (C=O) groups excluding carboxylic acids is 2. The van der Waals surface area contributed by atoms with Crippen molar-refractivity contribution in [2.24, 2.45) is 0 Å². The molecule has 3 aliphatic heterocycles. The fourth-order valence-electron chi connectivity index (χ4n) is 6.42. The van der Waals surface area contributed by atoms with E-state index in [1.165, 1.54) is 0 Å². The van der Waals surface area contributed by atoms with Crippen molar-refractivity contribution >= 4 is 46.0 Å². The summed E-state index contributed by atoms with van der Waals surface area (Å²) < 4.78 is 29.0. The lowest BCUT2D eigenvalue weighted by molar-refractivity contribution is -0.121. The van der Waals surface area contributed by atoms with Crippen LogP contribution in [0.3, 0.4) is 0 Å². The molecule has 6 rings (SSSR count). The van der Waals surface area contributed by atoms with Crippen molar-refractivity contribution < 1.29 is 33.3 Å². The van der Waals surface area contributed by atoms with Crippen LogP contribution in [0.5, 0.6) is 17.2 Å². The molecule has 2 aromatic carbocycles. The van der Waals surface area contributed by atoms with Crippen molar-refractivity contribution in [1.29, 1.82) is 0 Å². The lowest BCUT2D eigenvalue weighted by atomic mass is 10.0. The molecule has 3 heterocycles. The van der Waals surface area contributed by atoms with E-state index in [1.54, 1.807) is 0 Å². The van der Waals surface area contributed by atoms with Crippen molar-refractivity contribution in [3.63, 3.8) is 0 Å². The van der Waals surface area contributed by atoms with Crippen LogP contribution < -0.4 is 35.5 Å². The number of amides is 3. The number of aromatic nitrogens is 2. The summed E-state index contributed by atoms with van der Waals surface area (Å²) in [6, 6.07) is 14.4. The first-order chi connectivity index (χ1) is 24.5. The zero-order chi connectivity index (χ0) is 34.7. The summed E-state index contributed by atoms with van der Waals surface area (Å²) in [4.78, 5) is 23.7.